The predicted octanol–water partition coefficient (Wildman–Crippen LogP) is 4.66. The molecule has 0 radical (unpaired) electrons. The summed E-state index contributed by atoms with van der Waals surface area (Å²) in [5.74, 6) is 0.524. The van der Waals surface area contributed by atoms with E-state index in [2.05, 4.69) is 30.3 Å². The maximum absolute atomic E-state index is 13.1. The van der Waals surface area contributed by atoms with Gasteiger partial charge in [-0.05, 0) is 66.6 Å². The summed E-state index contributed by atoms with van der Waals surface area (Å²) in [6.45, 7) is 0. The number of rotatable bonds is 5. The molecule has 2 aliphatic rings. The van der Waals surface area contributed by atoms with Gasteiger partial charge < -0.3 is 4.74 Å². The van der Waals surface area contributed by atoms with Crippen molar-refractivity contribution in [1.29, 1.82) is 5.26 Å². The Morgan fingerprint density at radius 1 is 1.09 bits per heavy atom. The number of hydrogen-bond donors (Lipinski definition) is 0. The van der Waals surface area contributed by atoms with E-state index in [1.165, 1.54) is 22.2 Å². The molecule has 2 aromatic carbocycles. The topological polar surface area (TPSA) is 83.3 Å². The van der Waals surface area contributed by atoms with E-state index in [0.29, 0.717) is 27.9 Å². The lowest BCUT2D eigenvalue weighted by atomic mass is 9.82. The van der Waals surface area contributed by atoms with E-state index in [0.717, 1.165) is 30.5 Å². The first kappa shape index (κ1) is 22.2. The number of nitriles is 1. The van der Waals surface area contributed by atoms with Crippen LogP contribution in [0.1, 0.15) is 41.1 Å². The van der Waals surface area contributed by atoms with E-state index in [4.69, 9.17) is 9.72 Å². The Morgan fingerprint density at radius 2 is 1.85 bits per heavy atom. The number of nitrogens with zero attached hydrogens (tertiary/aromatic N) is 3. The number of anilines is 1. The number of benzene rings is 2. The molecule has 0 saturated carbocycles. The second-order valence-corrected chi connectivity index (χ2v) is 9.68. The number of amides is 2. The Hall–Kier alpha value is -3.63. The van der Waals surface area contributed by atoms with Crippen LogP contribution in [0.2, 0.25) is 0 Å². The first-order chi connectivity index (χ1) is 16.6. The average Bonchev–Trinajstić information content (AvgIpc) is 3.16. The Bertz CT molecular complexity index is 1280. The normalized spacial score (nSPS) is 19.6. The van der Waals surface area contributed by atoms with Crippen LogP contribution in [0.25, 0.3) is 0 Å². The molecule has 1 aliphatic heterocycles. The van der Waals surface area contributed by atoms with E-state index in [9.17, 15) is 14.9 Å². The van der Waals surface area contributed by atoms with Gasteiger partial charge in [0, 0.05) is 12.1 Å². The fourth-order valence-corrected chi connectivity index (χ4v) is 5.75. The number of fused-ring (bicyclic) bond motifs is 1. The van der Waals surface area contributed by atoms with Gasteiger partial charge in [0.25, 0.3) is 0 Å². The Labute approximate surface area is 202 Å². The largest absolute Gasteiger partial charge is 0.497 e. The summed E-state index contributed by atoms with van der Waals surface area (Å²) in [7, 11) is 1.56. The Kier molecular flexibility index (Phi) is 6.08. The second kappa shape index (κ2) is 9.32. The number of pyridine rings is 1. The number of carbonyl (C=O) groups excluding carboxylic acids is 2. The Morgan fingerprint density at radius 3 is 2.56 bits per heavy atom. The lowest BCUT2D eigenvalue weighted by Gasteiger charge is -2.25. The SMILES string of the molecule is COc1ccc(N2C(=O)C[C@@H](Sc3nc4c(cc3C#N)C[C@@H](c3ccccc3)CC4)C2=O)cc1. The van der Waals surface area contributed by atoms with Crippen molar-refractivity contribution in [2.45, 2.75) is 41.9 Å². The van der Waals surface area contributed by atoms with Crippen molar-refractivity contribution in [3.63, 3.8) is 0 Å². The lowest BCUT2D eigenvalue weighted by molar-refractivity contribution is -0.121. The number of methoxy groups -OCH3 is 1. The minimum atomic E-state index is -0.604. The van der Waals surface area contributed by atoms with Gasteiger partial charge in [-0.3, -0.25) is 9.59 Å². The zero-order chi connectivity index (χ0) is 23.7. The van der Waals surface area contributed by atoms with E-state index in [1.54, 1.807) is 31.4 Å². The minimum absolute atomic E-state index is 0.0786. The zero-order valence-electron chi connectivity index (χ0n) is 18.7. The summed E-state index contributed by atoms with van der Waals surface area (Å²) in [6.07, 6.45) is 2.74. The predicted molar refractivity (Wildman–Crippen MR) is 130 cm³/mol. The van der Waals surface area contributed by atoms with Crippen molar-refractivity contribution >= 4 is 29.3 Å². The zero-order valence-corrected chi connectivity index (χ0v) is 19.5. The highest BCUT2D eigenvalue weighted by Crippen LogP contribution is 2.38. The van der Waals surface area contributed by atoms with Crippen LogP contribution in [0.5, 0.6) is 5.75 Å². The number of imide groups is 1. The van der Waals surface area contributed by atoms with E-state index in [1.807, 2.05) is 12.1 Å². The highest BCUT2D eigenvalue weighted by molar-refractivity contribution is 8.00. The van der Waals surface area contributed by atoms with Crippen LogP contribution in [0.3, 0.4) is 0 Å². The van der Waals surface area contributed by atoms with Crippen molar-refractivity contribution in [2.24, 2.45) is 0 Å². The number of aromatic nitrogens is 1. The number of aryl methyl sites for hydroxylation is 1. The summed E-state index contributed by atoms with van der Waals surface area (Å²) in [5, 5.41) is 9.72. The second-order valence-electron chi connectivity index (χ2n) is 8.49. The summed E-state index contributed by atoms with van der Waals surface area (Å²) in [6, 6.07) is 21.4. The number of carbonyl (C=O) groups is 2. The summed E-state index contributed by atoms with van der Waals surface area (Å²) in [5.41, 5.74) is 4.36. The van der Waals surface area contributed by atoms with Gasteiger partial charge >= 0.3 is 0 Å². The van der Waals surface area contributed by atoms with Crippen LogP contribution in [0.15, 0.2) is 65.7 Å². The molecule has 0 N–H and O–H groups in total. The third-order valence-corrected chi connectivity index (χ3v) is 7.62. The molecule has 2 amide bonds. The third kappa shape index (κ3) is 4.17. The molecule has 1 fully saturated rings. The van der Waals surface area contributed by atoms with Crippen LogP contribution in [0, 0.1) is 11.3 Å². The van der Waals surface area contributed by atoms with Gasteiger partial charge in [-0.25, -0.2) is 9.88 Å². The third-order valence-electron chi connectivity index (χ3n) is 6.43. The fourth-order valence-electron chi connectivity index (χ4n) is 4.66. The van der Waals surface area contributed by atoms with Gasteiger partial charge in [-0.2, -0.15) is 5.26 Å². The first-order valence-corrected chi connectivity index (χ1v) is 12.1. The molecular weight excluding hydrogens is 446 g/mol. The van der Waals surface area contributed by atoms with Crippen LogP contribution in [-0.4, -0.2) is 29.2 Å². The molecule has 6 nitrogen and oxygen atoms in total. The highest BCUT2D eigenvalue weighted by atomic mass is 32.2. The number of hydrogen-bond acceptors (Lipinski definition) is 6. The van der Waals surface area contributed by atoms with Gasteiger partial charge in [0.15, 0.2) is 0 Å². The molecule has 34 heavy (non-hydrogen) atoms. The highest BCUT2D eigenvalue weighted by Gasteiger charge is 2.41. The molecule has 0 spiro atoms. The van der Waals surface area contributed by atoms with Gasteiger partial charge in [-0.15, -0.1) is 0 Å². The van der Waals surface area contributed by atoms with Crippen LogP contribution < -0.4 is 9.64 Å². The molecule has 2 heterocycles. The van der Waals surface area contributed by atoms with Gasteiger partial charge in [0.2, 0.25) is 11.8 Å². The molecule has 5 rings (SSSR count). The number of ether oxygens (including phenoxy) is 1. The van der Waals surface area contributed by atoms with Crippen LogP contribution in [0.4, 0.5) is 5.69 Å². The molecule has 2 atom stereocenters. The average molecular weight is 470 g/mol. The smallest absolute Gasteiger partial charge is 0.247 e. The van der Waals surface area contributed by atoms with Gasteiger partial charge in [0.05, 0.1) is 23.6 Å². The van der Waals surface area contributed by atoms with Crippen molar-refractivity contribution in [3.05, 3.63) is 83.0 Å². The van der Waals surface area contributed by atoms with Gasteiger partial charge in [-0.1, -0.05) is 42.1 Å². The molecular formula is C27H23N3O3S. The van der Waals surface area contributed by atoms with Crippen molar-refractivity contribution in [1.82, 2.24) is 4.98 Å². The van der Waals surface area contributed by atoms with E-state index >= 15 is 0 Å². The summed E-state index contributed by atoms with van der Waals surface area (Å²) >= 11 is 1.22. The fraction of sp³-hybridized carbons (Fsp3) is 0.259. The van der Waals surface area contributed by atoms with Crippen LogP contribution >= 0.6 is 11.8 Å². The summed E-state index contributed by atoms with van der Waals surface area (Å²) in [4.78, 5) is 31.8. The van der Waals surface area contributed by atoms with Crippen molar-refractivity contribution in [3.8, 4) is 11.8 Å². The minimum Gasteiger partial charge on any atom is -0.497 e. The molecule has 0 unspecified atom stereocenters. The summed E-state index contributed by atoms with van der Waals surface area (Å²) < 4.78 is 5.16. The molecule has 1 aliphatic carbocycles. The molecule has 0 bridgehead atoms. The quantitative estimate of drug-likeness (QED) is 0.506. The Balaban J connectivity index is 1.36. The van der Waals surface area contributed by atoms with Crippen LogP contribution in [-0.2, 0) is 22.4 Å². The maximum Gasteiger partial charge on any atom is 0.247 e. The van der Waals surface area contributed by atoms with Crippen molar-refractivity contribution < 1.29 is 14.3 Å². The molecule has 3 aromatic rings. The molecule has 1 aromatic heterocycles. The molecule has 1 saturated heterocycles. The maximum atomic E-state index is 13.1. The van der Waals surface area contributed by atoms with Crippen molar-refractivity contribution in [2.75, 3.05) is 12.0 Å². The van der Waals surface area contributed by atoms with E-state index < -0.39 is 5.25 Å². The molecule has 170 valence electrons. The van der Waals surface area contributed by atoms with E-state index in [-0.39, 0.29) is 18.2 Å². The lowest BCUT2D eigenvalue weighted by Crippen LogP contribution is -2.31. The first-order valence-electron chi connectivity index (χ1n) is 11.2. The standard InChI is InChI=1S/C27H23N3O3S/c1-33-22-10-8-21(9-11-22)30-25(31)15-24(27(30)32)34-26-20(16-28)14-19-13-18(7-12-23(19)29-26)17-5-3-2-4-6-17/h2-6,8-11,14,18,24H,7,12-13,15H2,1H3/t18-,24+/m0/s1. The van der Waals surface area contributed by atoms with Gasteiger partial charge in [0.1, 0.15) is 16.8 Å². The monoisotopic (exact) mass is 469 g/mol. The number of thioether (sulfide) groups is 1. The molecule has 7 heteroatoms.